The highest BCUT2D eigenvalue weighted by Gasteiger charge is 2.17. The highest BCUT2D eigenvalue weighted by molar-refractivity contribution is 7.99. The van der Waals surface area contributed by atoms with E-state index in [0.717, 1.165) is 12.1 Å². The molecule has 0 bridgehead atoms. The highest BCUT2D eigenvalue weighted by Crippen LogP contribution is 2.24. The minimum atomic E-state index is -0.312. The van der Waals surface area contributed by atoms with Crippen molar-refractivity contribution in [3.8, 4) is 5.75 Å². The molecule has 1 N–H and O–H groups in total. The predicted octanol–water partition coefficient (Wildman–Crippen LogP) is 3.63. The Morgan fingerprint density at radius 2 is 2.11 bits per heavy atom. The molecule has 0 saturated carbocycles. The molecule has 0 spiro atoms. The maximum absolute atomic E-state index is 13.6. The van der Waals surface area contributed by atoms with Crippen LogP contribution in [0.25, 0.3) is 0 Å². The molecule has 2 nitrogen and oxygen atoms in total. The second-order valence-corrected chi connectivity index (χ2v) is 6.47. The second-order valence-electron chi connectivity index (χ2n) is 4.96. The molecule has 0 saturated heterocycles. The molecule has 0 aliphatic heterocycles. The summed E-state index contributed by atoms with van der Waals surface area (Å²) in [5.41, 5.74) is 0.935. The lowest BCUT2D eigenvalue weighted by Crippen LogP contribution is -2.33. The van der Waals surface area contributed by atoms with E-state index < -0.39 is 0 Å². The first-order chi connectivity index (χ1) is 8.39. The van der Waals surface area contributed by atoms with Crippen LogP contribution in [0.4, 0.5) is 4.39 Å². The Hall–Kier alpha value is -0.740. The molecule has 0 aliphatic rings. The maximum Gasteiger partial charge on any atom is 0.165 e. The Labute approximate surface area is 113 Å². The van der Waals surface area contributed by atoms with E-state index in [1.807, 2.05) is 24.8 Å². The lowest BCUT2D eigenvalue weighted by molar-refractivity contribution is 0.385. The van der Waals surface area contributed by atoms with Crippen molar-refractivity contribution in [2.45, 2.75) is 31.6 Å². The molecule has 0 aliphatic carbocycles. The number of methoxy groups -OCH3 is 1. The summed E-state index contributed by atoms with van der Waals surface area (Å²) in [5, 5.41) is 3.43. The van der Waals surface area contributed by atoms with Gasteiger partial charge in [-0.25, -0.2) is 4.39 Å². The van der Waals surface area contributed by atoms with Crippen LogP contribution in [0.3, 0.4) is 0 Å². The maximum atomic E-state index is 13.6. The standard InChI is InChI=1S/C14H22FNOS/c1-10(16-9-14(2,3)18-5)11-6-7-13(17-4)12(15)8-11/h6-8,10,16H,9H2,1-5H3. The van der Waals surface area contributed by atoms with Crippen LogP contribution < -0.4 is 10.1 Å². The van der Waals surface area contributed by atoms with E-state index in [2.05, 4.69) is 25.4 Å². The van der Waals surface area contributed by atoms with Crippen LogP contribution in [0.15, 0.2) is 18.2 Å². The summed E-state index contributed by atoms with van der Waals surface area (Å²) >= 11 is 1.82. The van der Waals surface area contributed by atoms with Gasteiger partial charge in [0.15, 0.2) is 11.6 Å². The number of hydrogen-bond donors (Lipinski definition) is 1. The topological polar surface area (TPSA) is 21.3 Å². The Bertz CT molecular complexity index is 395. The number of benzene rings is 1. The number of thioether (sulfide) groups is 1. The summed E-state index contributed by atoms with van der Waals surface area (Å²) in [5.74, 6) is -0.0248. The molecule has 102 valence electrons. The van der Waals surface area contributed by atoms with Crippen molar-refractivity contribution >= 4 is 11.8 Å². The predicted molar refractivity (Wildman–Crippen MR) is 77.0 cm³/mol. The van der Waals surface area contributed by atoms with Gasteiger partial charge in [0.2, 0.25) is 0 Å². The van der Waals surface area contributed by atoms with Crippen molar-refractivity contribution in [2.75, 3.05) is 19.9 Å². The average Bonchev–Trinajstić information content (AvgIpc) is 2.36. The summed E-state index contributed by atoms with van der Waals surface area (Å²) in [4.78, 5) is 0. The van der Waals surface area contributed by atoms with Gasteiger partial charge in [-0.3, -0.25) is 0 Å². The Balaban J connectivity index is 2.67. The van der Waals surface area contributed by atoms with Crippen LogP contribution in [0.1, 0.15) is 32.4 Å². The van der Waals surface area contributed by atoms with E-state index in [-0.39, 0.29) is 22.4 Å². The normalized spacial score (nSPS) is 13.4. The van der Waals surface area contributed by atoms with Crippen molar-refractivity contribution in [2.24, 2.45) is 0 Å². The molecule has 0 heterocycles. The first-order valence-electron chi connectivity index (χ1n) is 6.01. The van der Waals surface area contributed by atoms with Crippen molar-refractivity contribution < 1.29 is 9.13 Å². The molecule has 1 rings (SSSR count). The molecule has 0 amide bonds. The Morgan fingerprint density at radius 1 is 1.44 bits per heavy atom. The molecule has 1 unspecified atom stereocenters. The average molecular weight is 271 g/mol. The van der Waals surface area contributed by atoms with E-state index in [0.29, 0.717) is 0 Å². The van der Waals surface area contributed by atoms with Gasteiger partial charge in [-0.05, 0) is 44.7 Å². The summed E-state index contributed by atoms with van der Waals surface area (Å²) < 4.78 is 18.7. The van der Waals surface area contributed by atoms with Gasteiger partial charge in [0, 0.05) is 17.3 Å². The highest BCUT2D eigenvalue weighted by atomic mass is 32.2. The van der Waals surface area contributed by atoms with Gasteiger partial charge < -0.3 is 10.1 Å². The molecule has 0 radical (unpaired) electrons. The van der Waals surface area contributed by atoms with E-state index in [1.165, 1.54) is 13.2 Å². The fraction of sp³-hybridized carbons (Fsp3) is 0.571. The van der Waals surface area contributed by atoms with Crippen molar-refractivity contribution in [1.29, 1.82) is 0 Å². The first kappa shape index (κ1) is 15.3. The van der Waals surface area contributed by atoms with Crippen LogP contribution >= 0.6 is 11.8 Å². The van der Waals surface area contributed by atoms with Crippen LogP contribution in [-0.2, 0) is 0 Å². The summed E-state index contributed by atoms with van der Waals surface area (Å²) in [6, 6.07) is 5.22. The molecule has 1 atom stereocenters. The molecular weight excluding hydrogens is 249 g/mol. The largest absolute Gasteiger partial charge is 0.494 e. The van der Waals surface area contributed by atoms with Gasteiger partial charge in [0.05, 0.1) is 7.11 Å². The van der Waals surface area contributed by atoms with E-state index >= 15 is 0 Å². The van der Waals surface area contributed by atoms with Crippen LogP contribution in [0, 0.1) is 5.82 Å². The number of rotatable bonds is 6. The summed E-state index contributed by atoms with van der Waals surface area (Å²) in [6.45, 7) is 7.29. The molecule has 1 aromatic rings. The first-order valence-corrected chi connectivity index (χ1v) is 7.24. The zero-order valence-corrected chi connectivity index (χ0v) is 12.5. The second kappa shape index (κ2) is 6.43. The van der Waals surface area contributed by atoms with Crippen LogP contribution in [0.2, 0.25) is 0 Å². The van der Waals surface area contributed by atoms with Crippen molar-refractivity contribution in [3.63, 3.8) is 0 Å². The zero-order chi connectivity index (χ0) is 13.8. The van der Waals surface area contributed by atoms with Gasteiger partial charge in [-0.15, -0.1) is 0 Å². The van der Waals surface area contributed by atoms with Gasteiger partial charge in [-0.1, -0.05) is 6.07 Å². The lowest BCUT2D eigenvalue weighted by atomic mass is 10.1. The van der Waals surface area contributed by atoms with E-state index in [1.54, 1.807) is 6.07 Å². The quantitative estimate of drug-likeness (QED) is 0.853. The minimum absolute atomic E-state index is 0.122. The SMILES string of the molecule is COc1ccc(C(C)NCC(C)(C)SC)cc1F. The Morgan fingerprint density at radius 3 is 2.61 bits per heavy atom. The van der Waals surface area contributed by atoms with Crippen LogP contribution in [0.5, 0.6) is 5.75 Å². The molecule has 1 aromatic carbocycles. The van der Waals surface area contributed by atoms with Gasteiger partial charge in [0.1, 0.15) is 0 Å². The minimum Gasteiger partial charge on any atom is -0.494 e. The van der Waals surface area contributed by atoms with Gasteiger partial charge in [0.25, 0.3) is 0 Å². The molecule has 0 aromatic heterocycles. The monoisotopic (exact) mass is 271 g/mol. The number of nitrogens with one attached hydrogen (secondary N) is 1. The number of hydrogen-bond acceptors (Lipinski definition) is 3. The van der Waals surface area contributed by atoms with Crippen molar-refractivity contribution in [1.82, 2.24) is 5.32 Å². The fourth-order valence-electron chi connectivity index (χ4n) is 1.54. The third kappa shape index (κ3) is 4.18. The summed E-state index contributed by atoms with van der Waals surface area (Å²) in [7, 11) is 1.47. The smallest absolute Gasteiger partial charge is 0.165 e. The number of ether oxygens (including phenoxy) is 1. The third-order valence-corrected chi connectivity index (χ3v) is 4.31. The van der Waals surface area contributed by atoms with Gasteiger partial charge >= 0.3 is 0 Å². The van der Waals surface area contributed by atoms with Crippen molar-refractivity contribution in [3.05, 3.63) is 29.6 Å². The van der Waals surface area contributed by atoms with E-state index in [9.17, 15) is 4.39 Å². The van der Waals surface area contributed by atoms with Gasteiger partial charge in [-0.2, -0.15) is 11.8 Å². The fourth-order valence-corrected chi connectivity index (χ4v) is 1.77. The number of halogens is 1. The summed E-state index contributed by atoms with van der Waals surface area (Å²) in [6.07, 6.45) is 2.10. The van der Waals surface area contributed by atoms with E-state index in [4.69, 9.17) is 4.74 Å². The molecule has 0 fully saturated rings. The molecule has 4 heteroatoms. The molecular formula is C14H22FNOS. The lowest BCUT2D eigenvalue weighted by Gasteiger charge is -2.25. The molecule has 18 heavy (non-hydrogen) atoms. The zero-order valence-electron chi connectivity index (χ0n) is 11.7. The third-order valence-electron chi connectivity index (χ3n) is 3.06. The Kier molecular flexibility index (Phi) is 5.47. The van der Waals surface area contributed by atoms with Crippen LogP contribution in [-0.4, -0.2) is 24.7 Å².